The molecule has 0 saturated carbocycles. The van der Waals surface area contributed by atoms with E-state index in [0.717, 1.165) is 16.8 Å². The van der Waals surface area contributed by atoms with Crippen molar-refractivity contribution in [2.24, 2.45) is 0 Å². The SMILES string of the molecule is Fc1ccc(N(c2ccc[c]n2)C(c2cccnc2)c2cccnc2)cc1. The summed E-state index contributed by atoms with van der Waals surface area (Å²) in [6.45, 7) is 0. The number of halogens is 1. The van der Waals surface area contributed by atoms with Crippen LogP contribution in [0.3, 0.4) is 0 Å². The van der Waals surface area contributed by atoms with Crippen LogP contribution >= 0.6 is 0 Å². The zero-order valence-corrected chi connectivity index (χ0v) is 14.4. The van der Waals surface area contributed by atoms with E-state index < -0.39 is 0 Å². The highest BCUT2D eigenvalue weighted by Gasteiger charge is 2.25. The summed E-state index contributed by atoms with van der Waals surface area (Å²) in [6, 6.07) is 19.5. The molecule has 1 radical (unpaired) electrons. The number of benzene rings is 1. The molecule has 3 aromatic heterocycles. The van der Waals surface area contributed by atoms with Gasteiger partial charge in [0.1, 0.15) is 11.6 Å². The maximum Gasteiger partial charge on any atom is 0.134 e. The van der Waals surface area contributed by atoms with Crippen LogP contribution in [0.1, 0.15) is 17.2 Å². The molecule has 0 spiro atoms. The molecule has 3 heterocycles. The third kappa shape index (κ3) is 3.67. The zero-order chi connectivity index (χ0) is 18.5. The van der Waals surface area contributed by atoms with E-state index in [9.17, 15) is 4.39 Å². The van der Waals surface area contributed by atoms with Crippen molar-refractivity contribution in [1.29, 1.82) is 0 Å². The van der Waals surface area contributed by atoms with Gasteiger partial charge in [0.25, 0.3) is 0 Å². The third-order valence-electron chi connectivity index (χ3n) is 4.21. The second kappa shape index (κ2) is 7.74. The van der Waals surface area contributed by atoms with Crippen LogP contribution in [-0.4, -0.2) is 15.0 Å². The Hall–Kier alpha value is -3.60. The first-order valence-electron chi connectivity index (χ1n) is 8.51. The molecule has 5 heteroatoms. The Kier molecular flexibility index (Phi) is 4.83. The Morgan fingerprint density at radius 3 is 2.00 bits per heavy atom. The summed E-state index contributed by atoms with van der Waals surface area (Å²) in [5, 5.41) is 0. The van der Waals surface area contributed by atoms with Crippen molar-refractivity contribution in [3.63, 3.8) is 0 Å². The Balaban J connectivity index is 1.93. The summed E-state index contributed by atoms with van der Waals surface area (Å²) < 4.78 is 13.5. The van der Waals surface area contributed by atoms with Gasteiger partial charge >= 0.3 is 0 Å². The molecule has 0 aliphatic carbocycles. The molecule has 4 nitrogen and oxygen atoms in total. The molecule has 0 atom stereocenters. The number of pyridine rings is 3. The molecule has 4 rings (SSSR count). The zero-order valence-electron chi connectivity index (χ0n) is 14.4. The maximum atomic E-state index is 13.5. The Labute approximate surface area is 157 Å². The van der Waals surface area contributed by atoms with Crippen molar-refractivity contribution in [3.8, 4) is 0 Å². The summed E-state index contributed by atoms with van der Waals surface area (Å²) in [7, 11) is 0. The van der Waals surface area contributed by atoms with Gasteiger partial charge in [-0.25, -0.2) is 9.37 Å². The lowest BCUT2D eigenvalue weighted by molar-refractivity contribution is 0.627. The maximum absolute atomic E-state index is 13.5. The van der Waals surface area contributed by atoms with Crippen molar-refractivity contribution >= 4 is 11.5 Å². The number of anilines is 2. The predicted octanol–water partition coefficient (Wildman–Crippen LogP) is 4.74. The lowest BCUT2D eigenvalue weighted by Gasteiger charge is -2.33. The van der Waals surface area contributed by atoms with Gasteiger partial charge in [0, 0.05) is 30.5 Å². The topological polar surface area (TPSA) is 41.9 Å². The normalized spacial score (nSPS) is 10.7. The van der Waals surface area contributed by atoms with Crippen LogP contribution in [0.2, 0.25) is 0 Å². The van der Waals surface area contributed by atoms with Gasteiger partial charge in [-0.2, -0.15) is 0 Å². The van der Waals surface area contributed by atoms with E-state index in [4.69, 9.17) is 0 Å². The Morgan fingerprint density at radius 2 is 1.48 bits per heavy atom. The lowest BCUT2D eigenvalue weighted by Crippen LogP contribution is -2.26. The largest absolute Gasteiger partial charge is 0.315 e. The lowest BCUT2D eigenvalue weighted by atomic mass is 9.99. The van der Waals surface area contributed by atoms with Crippen molar-refractivity contribution in [2.45, 2.75) is 6.04 Å². The first-order valence-corrected chi connectivity index (χ1v) is 8.51. The van der Waals surface area contributed by atoms with Gasteiger partial charge in [0.15, 0.2) is 0 Å². The second-order valence-corrected chi connectivity index (χ2v) is 5.95. The molecule has 0 N–H and O–H groups in total. The molecule has 0 fully saturated rings. The number of hydrogen-bond donors (Lipinski definition) is 0. The van der Waals surface area contributed by atoms with E-state index >= 15 is 0 Å². The first kappa shape index (κ1) is 16.8. The molecule has 0 aliphatic heterocycles. The average molecular weight is 355 g/mol. The summed E-state index contributed by atoms with van der Waals surface area (Å²) in [6.07, 6.45) is 10.00. The standard InChI is InChI=1S/C22H16FN4/c23-19-8-10-20(11-9-19)27(21-7-1-2-14-26-21)22(17-5-3-12-24-15-17)18-6-4-13-25-16-18/h1-13,15-16,22H. The molecule has 0 saturated heterocycles. The van der Waals surface area contributed by atoms with Crippen molar-refractivity contribution in [1.82, 2.24) is 15.0 Å². The molecule has 27 heavy (non-hydrogen) atoms. The number of aromatic nitrogens is 3. The van der Waals surface area contributed by atoms with Gasteiger partial charge < -0.3 is 4.90 Å². The van der Waals surface area contributed by atoms with Gasteiger partial charge in [-0.3, -0.25) is 9.97 Å². The van der Waals surface area contributed by atoms with E-state index in [2.05, 4.69) is 21.1 Å². The minimum atomic E-state index is -0.286. The third-order valence-corrected chi connectivity index (χ3v) is 4.21. The van der Waals surface area contributed by atoms with Gasteiger partial charge in [0.05, 0.1) is 12.2 Å². The minimum absolute atomic E-state index is 0.235. The molecule has 4 aromatic rings. The smallest absolute Gasteiger partial charge is 0.134 e. The molecule has 0 aliphatic rings. The highest BCUT2D eigenvalue weighted by Crippen LogP contribution is 2.37. The van der Waals surface area contributed by atoms with Crippen LogP contribution < -0.4 is 4.90 Å². The first-order chi connectivity index (χ1) is 13.3. The van der Waals surface area contributed by atoms with E-state index in [0.29, 0.717) is 5.82 Å². The number of hydrogen-bond acceptors (Lipinski definition) is 4. The fourth-order valence-electron chi connectivity index (χ4n) is 3.03. The van der Waals surface area contributed by atoms with E-state index in [1.807, 2.05) is 53.7 Å². The van der Waals surface area contributed by atoms with Crippen LogP contribution in [0.25, 0.3) is 0 Å². The van der Waals surface area contributed by atoms with Crippen LogP contribution in [0.15, 0.2) is 91.5 Å². The predicted molar refractivity (Wildman–Crippen MR) is 102 cm³/mol. The Bertz CT molecular complexity index is 937. The fraction of sp³-hybridized carbons (Fsp3) is 0.0455. The highest BCUT2D eigenvalue weighted by molar-refractivity contribution is 5.64. The van der Waals surface area contributed by atoms with E-state index in [1.165, 1.54) is 12.1 Å². The molecular formula is C22H16FN4. The van der Waals surface area contributed by atoms with Gasteiger partial charge in [-0.15, -0.1) is 0 Å². The quantitative estimate of drug-likeness (QED) is 0.519. The van der Waals surface area contributed by atoms with Crippen LogP contribution in [-0.2, 0) is 0 Å². The average Bonchev–Trinajstić information content (AvgIpc) is 2.75. The number of nitrogens with zero attached hydrogens (tertiary/aromatic N) is 4. The monoisotopic (exact) mass is 355 g/mol. The Morgan fingerprint density at radius 1 is 0.815 bits per heavy atom. The molecule has 0 bridgehead atoms. The van der Waals surface area contributed by atoms with Gasteiger partial charge in [0.2, 0.25) is 0 Å². The molecular weight excluding hydrogens is 339 g/mol. The second-order valence-electron chi connectivity index (χ2n) is 5.95. The van der Waals surface area contributed by atoms with E-state index in [1.54, 1.807) is 30.6 Å². The van der Waals surface area contributed by atoms with E-state index in [-0.39, 0.29) is 11.9 Å². The van der Waals surface area contributed by atoms with Crippen molar-refractivity contribution in [2.75, 3.05) is 4.90 Å². The van der Waals surface area contributed by atoms with Crippen molar-refractivity contribution in [3.05, 3.63) is 115 Å². The number of rotatable bonds is 5. The molecule has 0 unspecified atom stereocenters. The van der Waals surface area contributed by atoms with Crippen LogP contribution in [0.5, 0.6) is 0 Å². The van der Waals surface area contributed by atoms with Crippen LogP contribution in [0, 0.1) is 12.0 Å². The van der Waals surface area contributed by atoms with Gasteiger partial charge in [-0.1, -0.05) is 18.2 Å². The summed E-state index contributed by atoms with van der Waals surface area (Å²) in [5.41, 5.74) is 2.75. The van der Waals surface area contributed by atoms with Crippen molar-refractivity contribution < 1.29 is 4.39 Å². The summed E-state index contributed by atoms with van der Waals surface area (Å²) in [4.78, 5) is 15.0. The fourth-order valence-corrected chi connectivity index (χ4v) is 3.03. The summed E-state index contributed by atoms with van der Waals surface area (Å²) >= 11 is 0. The van der Waals surface area contributed by atoms with Crippen LogP contribution in [0.4, 0.5) is 15.9 Å². The highest BCUT2D eigenvalue weighted by atomic mass is 19.1. The summed E-state index contributed by atoms with van der Waals surface area (Å²) in [5.74, 6) is 0.410. The molecule has 131 valence electrons. The minimum Gasteiger partial charge on any atom is -0.315 e. The molecule has 1 aromatic carbocycles. The molecule has 0 amide bonds. The van der Waals surface area contributed by atoms with Gasteiger partial charge in [-0.05, 0) is 59.7 Å².